The van der Waals surface area contributed by atoms with Gasteiger partial charge in [-0.2, -0.15) is 0 Å². The van der Waals surface area contributed by atoms with Gasteiger partial charge in [0.25, 0.3) is 11.1 Å². The number of carbonyl (C=O) groups excluding carboxylic acids is 2. The summed E-state index contributed by atoms with van der Waals surface area (Å²) < 4.78 is 12.7. The van der Waals surface area contributed by atoms with Gasteiger partial charge in [0.15, 0.2) is 0 Å². The minimum Gasteiger partial charge on any atom is -0.469 e. The highest BCUT2D eigenvalue weighted by Gasteiger charge is 2.23. The maximum Gasteiger partial charge on any atom is 0.309 e. The maximum atomic E-state index is 14.0. The van der Waals surface area contributed by atoms with Crippen molar-refractivity contribution in [2.75, 3.05) is 14.2 Å². The van der Waals surface area contributed by atoms with Crippen molar-refractivity contribution in [2.45, 2.75) is 12.8 Å². The standard InChI is InChI=1S/C32H20N4O6/c1-41-25(37)13-15-3-9-21-23(11-15)35-29(33-21)17-5-8-20-28-18(6-7-19(27(17)28)31(35)39)30-34-22-10-4-16(14-26(38)42-2)12-24(22)36(30)32(20)40/h3-12H,13-14H2,1-2H3. The Kier molecular flexibility index (Phi) is 4.85. The molecule has 8 rings (SSSR count). The van der Waals surface area contributed by atoms with Crippen molar-refractivity contribution in [1.82, 2.24) is 18.8 Å². The summed E-state index contributed by atoms with van der Waals surface area (Å²) in [5.41, 5.74) is 4.25. The largest absolute Gasteiger partial charge is 0.469 e. The van der Waals surface area contributed by atoms with Gasteiger partial charge >= 0.3 is 11.9 Å². The molecule has 0 saturated heterocycles. The fraction of sp³-hybridized carbons (Fsp3) is 0.125. The van der Waals surface area contributed by atoms with Crippen molar-refractivity contribution in [1.29, 1.82) is 0 Å². The fourth-order valence-electron chi connectivity index (χ4n) is 6.18. The average Bonchev–Trinajstić information content (AvgIpc) is 3.57. The van der Waals surface area contributed by atoms with Crippen molar-refractivity contribution in [3.63, 3.8) is 0 Å². The molecule has 4 heterocycles. The molecule has 0 spiro atoms. The number of ether oxygens (including phenoxy) is 2. The normalized spacial score (nSPS) is 12.1. The van der Waals surface area contributed by atoms with E-state index in [0.29, 0.717) is 66.0 Å². The molecule has 42 heavy (non-hydrogen) atoms. The third kappa shape index (κ3) is 3.14. The van der Waals surface area contributed by atoms with Crippen LogP contribution in [-0.4, -0.2) is 44.9 Å². The summed E-state index contributed by atoms with van der Waals surface area (Å²) in [4.78, 5) is 61.3. The number of benzene rings is 4. The van der Waals surface area contributed by atoms with E-state index in [1.54, 1.807) is 57.3 Å². The third-order valence-corrected chi connectivity index (χ3v) is 8.10. The Labute approximate surface area is 235 Å². The van der Waals surface area contributed by atoms with Crippen LogP contribution in [0.3, 0.4) is 0 Å². The minimum absolute atomic E-state index is 0.0767. The highest BCUT2D eigenvalue weighted by Crippen LogP contribution is 2.36. The van der Waals surface area contributed by atoms with Crippen LogP contribution in [0.5, 0.6) is 0 Å². The molecule has 4 aromatic heterocycles. The summed E-state index contributed by atoms with van der Waals surface area (Å²) in [6.07, 6.45) is 0.153. The highest BCUT2D eigenvalue weighted by atomic mass is 16.5. The molecule has 10 heteroatoms. The van der Waals surface area contributed by atoms with Crippen LogP contribution in [0.15, 0.2) is 70.3 Å². The molecule has 4 aromatic carbocycles. The minimum atomic E-state index is -0.376. The van der Waals surface area contributed by atoms with Gasteiger partial charge in [0.05, 0.1) is 49.1 Å². The zero-order valence-electron chi connectivity index (χ0n) is 22.4. The second kappa shape index (κ2) is 8.43. The molecule has 0 fully saturated rings. The lowest BCUT2D eigenvalue weighted by Gasteiger charge is -2.12. The van der Waals surface area contributed by atoms with E-state index in [2.05, 4.69) is 0 Å². The van der Waals surface area contributed by atoms with Crippen LogP contribution >= 0.6 is 0 Å². The van der Waals surface area contributed by atoms with Gasteiger partial charge in [-0.3, -0.25) is 28.0 Å². The summed E-state index contributed by atoms with van der Waals surface area (Å²) >= 11 is 0. The van der Waals surface area contributed by atoms with E-state index >= 15 is 0 Å². The first-order chi connectivity index (χ1) is 20.4. The van der Waals surface area contributed by atoms with Gasteiger partial charge in [-0.25, -0.2) is 9.97 Å². The fourth-order valence-corrected chi connectivity index (χ4v) is 6.18. The first-order valence-corrected chi connectivity index (χ1v) is 13.2. The summed E-state index contributed by atoms with van der Waals surface area (Å²) in [6, 6.07) is 17.9. The average molecular weight is 557 g/mol. The molecule has 0 atom stereocenters. The van der Waals surface area contributed by atoms with Crippen molar-refractivity contribution < 1.29 is 19.1 Å². The molecule has 0 aliphatic heterocycles. The van der Waals surface area contributed by atoms with Crippen LogP contribution in [0, 0.1) is 0 Å². The first kappa shape index (κ1) is 24.2. The smallest absolute Gasteiger partial charge is 0.309 e. The molecule has 0 bridgehead atoms. The van der Waals surface area contributed by atoms with Crippen molar-refractivity contribution in [2.24, 2.45) is 0 Å². The van der Waals surface area contributed by atoms with Gasteiger partial charge in [-0.1, -0.05) is 12.1 Å². The van der Waals surface area contributed by atoms with Gasteiger partial charge in [-0.15, -0.1) is 0 Å². The van der Waals surface area contributed by atoms with Crippen LogP contribution in [0.2, 0.25) is 0 Å². The number of nitrogens with zero attached hydrogens (tertiary/aromatic N) is 4. The van der Waals surface area contributed by atoms with E-state index in [4.69, 9.17) is 19.4 Å². The molecule has 10 nitrogen and oxygen atoms in total. The summed E-state index contributed by atoms with van der Waals surface area (Å²) in [7, 11) is 2.67. The second-order valence-electron chi connectivity index (χ2n) is 10.4. The molecule has 204 valence electrons. The van der Waals surface area contributed by atoms with Gasteiger partial charge in [0, 0.05) is 32.3 Å². The van der Waals surface area contributed by atoms with Gasteiger partial charge in [0.1, 0.15) is 11.3 Å². The van der Waals surface area contributed by atoms with Crippen molar-refractivity contribution >= 4 is 77.6 Å². The Balaban J connectivity index is 1.46. The van der Waals surface area contributed by atoms with E-state index in [1.807, 2.05) is 12.1 Å². The zero-order valence-corrected chi connectivity index (χ0v) is 22.4. The van der Waals surface area contributed by atoms with Gasteiger partial charge in [-0.05, 0) is 59.7 Å². The molecule has 0 N–H and O–H groups in total. The van der Waals surface area contributed by atoms with Gasteiger partial charge < -0.3 is 9.47 Å². The van der Waals surface area contributed by atoms with Crippen LogP contribution in [-0.2, 0) is 31.9 Å². The molecular formula is C32H20N4O6. The van der Waals surface area contributed by atoms with Crippen molar-refractivity contribution in [3.05, 3.63) is 92.5 Å². The molecular weight excluding hydrogens is 536 g/mol. The number of esters is 2. The molecule has 0 aliphatic rings. The zero-order chi connectivity index (χ0) is 28.9. The van der Waals surface area contributed by atoms with Crippen LogP contribution in [0.4, 0.5) is 0 Å². The molecule has 0 saturated carbocycles. The number of fused-ring (bicyclic) bond motifs is 8. The third-order valence-electron chi connectivity index (χ3n) is 8.10. The Hall–Kier alpha value is -5.64. The lowest BCUT2D eigenvalue weighted by Crippen LogP contribution is -2.16. The molecule has 0 radical (unpaired) electrons. The molecule has 8 aromatic rings. The Morgan fingerprint density at radius 3 is 1.43 bits per heavy atom. The number of carbonyl (C=O) groups is 2. The lowest BCUT2D eigenvalue weighted by molar-refractivity contribution is -0.140. The summed E-state index contributed by atoms with van der Waals surface area (Å²) in [6.45, 7) is 0. The maximum absolute atomic E-state index is 14.0. The molecule has 0 unspecified atom stereocenters. The lowest BCUT2D eigenvalue weighted by atomic mass is 9.96. The number of imidazole rings is 2. The monoisotopic (exact) mass is 556 g/mol. The van der Waals surface area contributed by atoms with Crippen LogP contribution in [0.25, 0.3) is 65.7 Å². The van der Waals surface area contributed by atoms with Crippen molar-refractivity contribution in [3.8, 4) is 0 Å². The van der Waals surface area contributed by atoms with Gasteiger partial charge in [0.2, 0.25) is 0 Å². The Bertz CT molecular complexity index is 2400. The van der Waals surface area contributed by atoms with Crippen LogP contribution < -0.4 is 11.1 Å². The van der Waals surface area contributed by atoms with E-state index in [1.165, 1.54) is 14.2 Å². The molecule has 0 amide bonds. The predicted octanol–water partition coefficient (Wildman–Crippen LogP) is 3.78. The number of pyridine rings is 2. The topological polar surface area (TPSA) is 121 Å². The number of aromatic nitrogens is 4. The quantitative estimate of drug-likeness (QED) is 0.237. The van der Waals surface area contributed by atoms with E-state index < -0.39 is 0 Å². The van der Waals surface area contributed by atoms with Crippen LogP contribution in [0.1, 0.15) is 11.1 Å². The van der Waals surface area contributed by atoms with E-state index in [-0.39, 0.29) is 35.9 Å². The highest BCUT2D eigenvalue weighted by molar-refractivity contribution is 6.27. The number of methoxy groups -OCH3 is 2. The predicted molar refractivity (Wildman–Crippen MR) is 158 cm³/mol. The van der Waals surface area contributed by atoms with E-state index in [0.717, 1.165) is 10.8 Å². The Morgan fingerprint density at radius 2 is 1.02 bits per heavy atom. The SMILES string of the molecule is COC(=O)Cc1ccc2nc3c4ccc5c(=O)n6c7cc(CC(=O)OC)ccc7nc6c6ccc(c(=O)n3c2c1)c4c56. The Morgan fingerprint density at radius 1 is 0.619 bits per heavy atom. The second-order valence-corrected chi connectivity index (χ2v) is 10.4. The van der Waals surface area contributed by atoms with E-state index in [9.17, 15) is 19.2 Å². The first-order valence-electron chi connectivity index (χ1n) is 13.2. The summed E-state index contributed by atoms with van der Waals surface area (Å²) in [5.74, 6) is -0.752. The number of rotatable bonds is 4. The number of hydrogen-bond donors (Lipinski definition) is 0. The molecule has 0 aliphatic carbocycles. The number of hydrogen-bond acceptors (Lipinski definition) is 8. The summed E-state index contributed by atoms with van der Waals surface area (Å²) in [5, 5.41) is 3.68.